The third kappa shape index (κ3) is 3.79. The lowest BCUT2D eigenvalue weighted by atomic mass is 9.91. The summed E-state index contributed by atoms with van der Waals surface area (Å²) in [6.07, 6.45) is 8.56. The number of aromatic nitrogens is 6. The zero-order valence-corrected chi connectivity index (χ0v) is 20.6. The maximum Gasteiger partial charge on any atom is 0.228 e. The molecule has 4 heterocycles. The number of H-pyrrole nitrogens is 1. The Morgan fingerprint density at radius 3 is 2.80 bits per heavy atom. The van der Waals surface area contributed by atoms with Crippen LogP contribution in [0.25, 0.3) is 27.9 Å². The number of nitrogens with one attached hydrogen (secondary N) is 2. The van der Waals surface area contributed by atoms with Gasteiger partial charge in [-0.15, -0.1) is 0 Å². The smallest absolute Gasteiger partial charge is 0.228 e. The molecule has 0 saturated carbocycles. The zero-order valence-electron chi connectivity index (χ0n) is 20.6. The van der Waals surface area contributed by atoms with Crippen molar-refractivity contribution in [2.45, 2.75) is 45.1 Å². The SMILES string of the molecule is CC(C)c1cnn2c(NC3CCc4[nH]c5ccccc5c4C3)nc(-c3cncc(N(C)C)c3)nc12. The molecule has 6 rings (SSSR count). The van der Waals surface area contributed by atoms with E-state index in [1.807, 2.05) is 42.1 Å². The standard InChI is InChI=1S/C27H30N8/c1-16(2)22-15-29-35-26(22)32-25(17-11-19(34(3)4)14-28-13-17)33-27(35)30-18-9-10-24-21(12-18)20-7-5-6-8-23(20)31-24/h5-8,11,13-16,18,31H,9-10,12H2,1-4H3,(H,30,32,33). The lowest BCUT2D eigenvalue weighted by Crippen LogP contribution is -2.29. The van der Waals surface area contributed by atoms with Crippen LogP contribution in [0.5, 0.6) is 0 Å². The predicted octanol–water partition coefficient (Wildman–Crippen LogP) is 4.83. The number of fused-ring (bicyclic) bond motifs is 4. The highest BCUT2D eigenvalue weighted by molar-refractivity contribution is 5.85. The van der Waals surface area contributed by atoms with Crippen LogP contribution in [0.2, 0.25) is 0 Å². The first kappa shape index (κ1) is 21.6. The quantitative estimate of drug-likeness (QED) is 0.386. The number of benzene rings is 1. The van der Waals surface area contributed by atoms with Gasteiger partial charge >= 0.3 is 0 Å². The van der Waals surface area contributed by atoms with Crippen molar-refractivity contribution in [1.82, 2.24) is 29.5 Å². The van der Waals surface area contributed by atoms with Crippen LogP contribution in [-0.2, 0) is 12.8 Å². The normalized spacial score (nSPS) is 15.6. The van der Waals surface area contributed by atoms with E-state index in [2.05, 4.69) is 64.6 Å². The van der Waals surface area contributed by atoms with Crippen molar-refractivity contribution in [2.75, 3.05) is 24.3 Å². The Balaban J connectivity index is 1.41. The zero-order chi connectivity index (χ0) is 24.1. The summed E-state index contributed by atoms with van der Waals surface area (Å²) in [5.74, 6) is 1.68. The average molecular weight is 467 g/mol. The predicted molar refractivity (Wildman–Crippen MR) is 140 cm³/mol. The summed E-state index contributed by atoms with van der Waals surface area (Å²) in [4.78, 5) is 20.0. The van der Waals surface area contributed by atoms with E-state index in [0.717, 1.165) is 47.7 Å². The molecule has 0 saturated heterocycles. The highest BCUT2D eigenvalue weighted by atomic mass is 15.4. The van der Waals surface area contributed by atoms with E-state index in [9.17, 15) is 0 Å². The molecule has 0 aliphatic heterocycles. The van der Waals surface area contributed by atoms with Crippen molar-refractivity contribution >= 4 is 28.2 Å². The molecule has 8 nitrogen and oxygen atoms in total. The van der Waals surface area contributed by atoms with Gasteiger partial charge in [-0.05, 0) is 42.9 Å². The minimum Gasteiger partial charge on any atom is -0.376 e. The molecule has 35 heavy (non-hydrogen) atoms. The topological polar surface area (TPSA) is 87.0 Å². The van der Waals surface area contributed by atoms with Crippen LogP contribution >= 0.6 is 0 Å². The van der Waals surface area contributed by atoms with Gasteiger partial charge in [-0.2, -0.15) is 14.6 Å². The van der Waals surface area contributed by atoms with Crippen LogP contribution < -0.4 is 10.2 Å². The molecule has 5 aromatic rings. The minimum absolute atomic E-state index is 0.255. The molecule has 1 aromatic carbocycles. The summed E-state index contributed by atoms with van der Waals surface area (Å²) in [6.45, 7) is 4.33. The Kier molecular flexibility index (Phi) is 5.16. The molecular formula is C27H30N8. The Labute approximate surface area is 204 Å². The number of aromatic amines is 1. The number of para-hydroxylation sites is 1. The second-order valence-corrected chi connectivity index (χ2v) is 9.90. The van der Waals surface area contributed by atoms with E-state index in [0.29, 0.717) is 11.7 Å². The van der Waals surface area contributed by atoms with Gasteiger partial charge in [-0.3, -0.25) is 4.98 Å². The molecule has 2 N–H and O–H groups in total. The van der Waals surface area contributed by atoms with E-state index in [1.165, 1.54) is 22.2 Å². The second kappa shape index (κ2) is 8.37. The number of rotatable bonds is 5. The third-order valence-electron chi connectivity index (χ3n) is 6.94. The highest BCUT2D eigenvalue weighted by Gasteiger charge is 2.24. The molecule has 0 radical (unpaired) electrons. The number of nitrogens with zero attached hydrogens (tertiary/aromatic N) is 6. The van der Waals surface area contributed by atoms with Crippen molar-refractivity contribution in [2.24, 2.45) is 0 Å². The summed E-state index contributed by atoms with van der Waals surface area (Å²) < 4.78 is 1.85. The summed E-state index contributed by atoms with van der Waals surface area (Å²) in [5.41, 5.74) is 7.82. The minimum atomic E-state index is 0.255. The van der Waals surface area contributed by atoms with Crippen molar-refractivity contribution in [3.63, 3.8) is 0 Å². The van der Waals surface area contributed by atoms with Gasteiger partial charge in [0.1, 0.15) is 0 Å². The first-order valence-electron chi connectivity index (χ1n) is 12.2. The van der Waals surface area contributed by atoms with Crippen molar-refractivity contribution in [3.05, 3.63) is 65.7 Å². The summed E-state index contributed by atoms with van der Waals surface area (Å²) in [6, 6.07) is 10.9. The van der Waals surface area contributed by atoms with Gasteiger partial charge < -0.3 is 15.2 Å². The number of hydrogen-bond donors (Lipinski definition) is 2. The number of anilines is 2. The highest BCUT2D eigenvalue weighted by Crippen LogP contribution is 2.31. The Morgan fingerprint density at radius 2 is 1.97 bits per heavy atom. The Morgan fingerprint density at radius 1 is 1.11 bits per heavy atom. The molecule has 4 aromatic heterocycles. The Hall–Kier alpha value is -3.94. The monoisotopic (exact) mass is 466 g/mol. The van der Waals surface area contributed by atoms with Gasteiger partial charge in [-0.25, -0.2) is 4.98 Å². The Bertz CT molecular complexity index is 1530. The fourth-order valence-corrected chi connectivity index (χ4v) is 4.99. The first-order valence-corrected chi connectivity index (χ1v) is 12.2. The number of aryl methyl sites for hydroxylation is 1. The molecule has 1 aliphatic rings. The largest absolute Gasteiger partial charge is 0.376 e. The van der Waals surface area contributed by atoms with Crippen molar-refractivity contribution < 1.29 is 0 Å². The molecule has 0 amide bonds. The van der Waals surface area contributed by atoms with E-state index in [1.54, 1.807) is 0 Å². The lowest BCUT2D eigenvalue weighted by Gasteiger charge is -2.24. The average Bonchev–Trinajstić information content (AvgIpc) is 3.46. The van der Waals surface area contributed by atoms with Gasteiger partial charge in [0.2, 0.25) is 5.95 Å². The molecule has 178 valence electrons. The molecule has 0 spiro atoms. The molecule has 8 heteroatoms. The van der Waals surface area contributed by atoms with Crippen molar-refractivity contribution in [3.8, 4) is 11.4 Å². The first-order chi connectivity index (χ1) is 17.0. The fourth-order valence-electron chi connectivity index (χ4n) is 4.99. The van der Waals surface area contributed by atoms with Crippen LogP contribution in [0.15, 0.2) is 48.9 Å². The van der Waals surface area contributed by atoms with Crippen molar-refractivity contribution in [1.29, 1.82) is 0 Å². The number of hydrogen-bond acceptors (Lipinski definition) is 6. The molecule has 1 atom stereocenters. The molecule has 1 unspecified atom stereocenters. The van der Waals surface area contributed by atoms with Crippen LogP contribution in [0, 0.1) is 0 Å². The fraction of sp³-hybridized carbons (Fsp3) is 0.333. The van der Waals surface area contributed by atoms with Gasteiger partial charge in [0.05, 0.1) is 18.1 Å². The van der Waals surface area contributed by atoms with Crippen LogP contribution in [-0.4, -0.2) is 49.7 Å². The number of pyridine rings is 1. The maximum atomic E-state index is 4.96. The second-order valence-electron chi connectivity index (χ2n) is 9.90. The molecule has 1 aliphatic carbocycles. The summed E-state index contributed by atoms with van der Waals surface area (Å²) >= 11 is 0. The molecular weight excluding hydrogens is 436 g/mol. The van der Waals surface area contributed by atoms with Crippen LogP contribution in [0.1, 0.15) is 43.0 Å². The van der Waals surface area contributed by atoms with Crippen LogP contribution in [0.3, 0.4) is 0 Å². The van der Waals surface area contributed by atoms with E-state index >= 15 is 0 Å². The van der Waals surface area contributed by atoms with Gasteiger partial charge in [0.15, 0.2) is 11.5 Å². The van der Waals surface area contributed by atoms with E-state index in [-0.39, 0.29) is 6.04 Å². The van der Waals surface area contributed by atoms with Gasteiger partial charge in [0.25, 0.3) is 0 Å². The van der Waals surface area contributed by atoms with E-state index < -0.39 is 0 Å². The third-order valence-corrected chi connectivity index (χ3v) is 6.94. The molecule has 0 bridgehead atoms. The van der Waals surface area contributed by atoms with Gasteiger partial charge in [-0.1, -0.05) is 32.0 Å². The summed E-state index contributed by atoms with van der Waals surface area (Å²) in [7, 11) is 4.02. The molecule has 0 fully saturated rings. The maximum absolute atomic E-state index is 4.96. The van der Waals surface area contributed by atoms with Gasteiger partial charge in [0, 0.05) is 54.1 Å². The lowest BCUT2D eigenvalue weighted by molar-refractivity contribution is 0.599. The van der Waals surface area contributed by atoms with E-state index in [4.69, 9.17) is 9.97 Å². The van der Waals surface area contributed by atoms with Crippen LogP contribution in [0.4, 0.5) is 11.6 Å². The summed E-state index contributed by atoms with van der Waals surface area (Å²) in [5, 5.41) is 9.71.